The molecule has 4 heteroatoms. The fourth-order valence-electron chi connectivity index (χ4n) is 1.10. The molecule has 0 spiro atoms. The smallest absolute Gasteiger partial charge is 0.306 e. The Hall–Kier alpha value is -1.06. The number of carbonyl (C=O) groups excluding carboxylic acids is 1. The van der Waals surface area contributed by atoms with Crippen molar-refractivity contribution in [1.29, 1.82) is 0 Å². The lowest BCUT2D eigenvalue weighted by atomic mass is 9.82. The maximum atomic E-state index is 10.4. The first-order chi connectivity index (χ1) is 5.09. The molecule has 0 aromatic carbocycles. The van der Waals surface area contributed by atoms with Gasteiger partial charge >= 0.3 is 11.9 Å². The van der Waals surface area contributed by atoms with Crippen LogP contribution in [0.4, 0.5) is 0 Å². The Balaban J connectivity index is 2.19. The zero-order chi connectivity index (χ0) is 8.43. The van der Waals surface area contributed by atoms with Crippen LogP contribution in [0, 0.1) is 5.92 Å². The Bertz CT molecular complexity index is 181. The van der Waals surface area contributed by atoms with Gasteiger partial charge in [-0.15, -0.1) is 0 Å². The summed E-state index contributed by atoms with van der Waals surface area (Å²) in [6.07, 6.45) is 0.776. The molecule has 1 aliphatic rings. The number of rotatable bonds is 2. The molecule has 62 valence electrons. The highest BCUT2D eigenvalue weighted by molar-refractivity contribution is 5.72. The van der Waals surface area contributed by atoms with E-state index in [1.165, 1.54) is 6.92 Å². The van der Waals surface area contributed by atoms with Crippen molar-refractivity contribution in [2.24, 2.45) is 5.92 Å². The van der Waals surface area contributed by atoms with Crippen LogP contribution in [0.5, 0.6) is 0 Å². The highest BCUT2D eigenvalue weighted by atomic mass is 16.5. The Morgan fingerprint density at radius 2 is 2.00 bits per heavy atom. The molecule has 1 fully saturated rings. The average Bonchev–Trinajstić information content (AvgIpc) is 1.75. The molecule has 0 amide bonds. The number of ether oxygens (including phenoxy) is 1. The molecule has 0 atom stereocenters. The van der Waals surface area contributed by atoms with E-state index < -0.39 is 5.97 Å². The summed E-state index contributed by atoms with van der Waals surface area (Å²) in [5.41, 5.74) is 0. The molecule has 1 aliphatic carbocycles. The Kier molecular flexibility index (Phi) is 2.12. The standard InChI is InChI=1S/C7H10O4/c1-4(8)11-6-2-5(3-6)7(9)10/h5-6H,2-3H2,1H3,(H,9,10)/t5-,6-. The number of hydrogen-bond donors (Lipinski definition) is 1. The van der Waals surface area contributed by atoms with Gasteiger partial charge in [-0.1, -0.05) is 0 Å². The third-order valence-electron chi connectivity index (χ3n) is 1.78. The lowest BCUT2D eigenvalue weighted by Gasteiger charge is -2.31. The number of carboxylic acids is 1. The molecule has 1 N–H and O–H groups in total. The molecular weight excluding hydrogens is 148 g/mol. The second-order valence-corrected chi connectivity index (χ2v) is 2.74. The van der Waals surface area contributed by atoms with Gasteiger partial charge in [-0.2, -0.15) is 0 Å². The fourth-order valence-corrected chi connectivity index (χ4v) is 1.10. The van der Waals surface area contributed by atoms with Crippen LogP contribution in [0.1, 0.15) is 19.8 Å². The number of esters is 1. The van der Waals surface area contributed by atoms with Crippen molar-refractivity contribution in [2.75, 3.05) is 0 Å². The normalized spacial score (nSPS) is 28.8. The molecule has 0 unspecified atom stereocenters. The maximum absolute atomic E-state index is 10.4. The van der Waals surface area contributed by atoms with Crippen LogP contribution in [0.3, 0.4) is 0 Å². The zero-order valence-electron chi connectivity index (χ0n) is 6.24. The molecular formula is C7H10O4. The Morgan fingerprint density at radius 3 is 2.36 bits per heavy atom. The van der Waals surface area contributed by atoms with E-state index in [0.717, 1.165) is 0 Å². The van der Waals surface area contributed by atoms with Crippen LogP contribution < -0.4 is 0 Å². The number of carboxylic acid groups (broad SMARTS) is 1. The largest absolute Gasteiger partial charge is 0.481 e. The minimum Gasteiger partial charge on any atom is -0.481 e. The molecule has 1 saturated carbocycles. The Labute approximate surface area is 64.2 Å². The second kappa shape index (κ2) is 2.90. The molecule has 0 heterocycles. The van der Waals surface area contributed by atoms with Crippen LogP contribution in [-0.2, 0) is 14.3 Å². The third-order valence-corrected chi connectivity index (χ3v) is 1.78. The number of carbonyl (C=O) groups is 2. The minimum atomic E-state index is -0.798. The lowest BCUT2D eigenvalue weighted by molar-refractivity contribution is -0.162. The molecule has 11 heavy (non-hydrogen) atoms. The van der Waals surface area contributed by atoms with Gasteiger partial charge in [0.2, 0.25) is 0 Å². The molecule has 0 saturated heterocycles. The van der Waals surface area contributed by atoms with Crippen LogP contribution >= 0.6 is 0 Å². The molecule has 0 radical (unpaired) electrons. The third kappa shape index (κ3) is 1.93. The first kappa shape index (κ1) is 8.04. The van der Waals surface area contributed by atoms with Crippen molar-refractivity contribution >= 4 is 11.9 Å². The van der Waals surface area contributed by atoms with E-state index in [0.29, 0.717) is 12.8 Å². The summed E-state index contributed by atoms with van der Waals surface area (Å²) in [6.45, 7) is 1.33. The molecule has 0 aliphatic heterocycles. The van der Waals surface area contributed by atoms with E-state index in [1.807, 2.05) is 0 Å². The first-order valence-corrected chi connectivity index (χ1v) is 3.49. The van der Waals surface area contributed by atoms with Crippen molar-refractivity contribution in [3.8, 4) is 0 Å². The highest BCUT2D eigenvalue weighted by Gasteiger charge is 2.36. The van der Waals surface area contributed by atoms with Gasteiger partial charge in [0.25, 0.3) is 0 Å². The molecule has 0 aromatic heterocycles. The van der Waals surface area contributed by atoms with Gasteiger partial charge < -0.3 is 9.84 Å². The van der Waals surface area contributed by atoms with Crippen molar-refractivity contribution in [2.45, 2.75) is 25.9 Å². The lowest BCUT2D eigenvalue weighted by Crippen LogP contribution is -2.37. The van der Waals surface area contributed by atoms with E-state index in [-0.39, 0.29) is 18.0 Å². The van der Waals surface area contributed by atoms with Crippen LogP contribution in [-0.4, -0.2) is 23.1 Å². The van der Waals surface area contributed by atoms with Crippen LogP contribution in [0.15, 0.2) is 0 Å². The summed E-state index contributed by atoms with van der Waals surface area (Å²) in [6, 6.07) is 0. The molecule has 0 aromatic rings. The maximum Gasteiger partial charge on any atom is 0.306 e. The predicted molar refractivity (Wildman–Crippen MR) is 35.9 cm³/mol. The van der Waals surface area contributed by atoms with Gasteiger partial charge in [0.05, 0.1) is 5.92 Å². The van der Waals surface area contributed by atoms with Gasteiger partial charge in [0, 0.05) is 6.92 Å². The van der Waals surface area contributed by atoms with Crippen molar-refractivity contribution in [3.63, 3.8) is 0 Å². The van der Waals surface area contributed by atoms with Gasteiger partial charge in [-0.25, -0.2) is 0 Å². The zero-order valence-corrected chi connectivity index (χ0v) is 6.24. The number of aliphatic carboxylic acids is 1. The van der Waals surface area contributed by atoms with E-state index >= 15 is 0 Å². The summed E-state index contributed by atoms with van der Waals surface area (Å²) >= 11 is 0. The Morgan fingerprint density at radius 1 is 1.45 bits per heavy atom. The van der Waals surface area contributed by atoms with Gasteiger partial charge in [-0.3, -0.25) is 9.59 Å². The molecule has 4 nitrogen and oxygen atoms in total. The monoisotopic (exact) mass is 158 g/mol. The van der Waals surface area contributed by atoms with Crippen molar-refractivity contribution in [1.82, 2.24) is 0 Å². The molecule has 1 rings (SSSR count). The summed E-state index contributed by atoms with van der Waals surface area (Å²) < 4.78 is 4.76. The predicted octanol–water partition coefficient (Wildman–Crippen LogP) is 0.413. The quantitative estimate of drug-likeness (QED) is 0.591. The van der Waals surface area contributed by atoms with Crippen LogP contribution in [0.2, 0.25) is 0 Å². The van der Waals surface area contributed by atoms with Gasteiger partial charge in [0.1, 0.15) is 6.10 Å². The van der Waals surface area contributed by atoms with E-state index in [4.69, 9.17) is 9.84 Å². The topological polar surface area (TPSA) is 63.6 Å². The first-order valence-electron chi connectivity index (χ1n) is 3.49. The SMILES string of the molecule is CC(=O)O[C@H]1C[C@H](C(=O)O)C1. The summed E-state index contributed by atoms with van der Waals surface area (Å²) in [5.74, 6) is -1.44. The van der Waals surface area contributed by atoms with Gasteiger partial charge in [-0.05, 0) is 12.8 Å². The average molecular weight is 158 g/mol. The summed E-state index contributed by atoms with van der Waals surface area (Å²) in [7, 11) is 0. The second-order valence-electron chi connectivity index (χ2n) is 2.74. The molecule has 0 bridgehead atoms. The van der Waals surface area contributed by atoms with E-state index in [2.05, 4.69) is 0 Å². The van der Waals surface area contributed by atoms with E-state index in [1.54, 1.807) is 0 Å². The van der Waals surface area contributed by atoms with E-state index in [9.17, 15) is 9.59 Å². The van der Waals surface area contributed by atoms with Crippen molar-refractivity contribution in [3.05, 3.63) is 0 Å². The van der Waals surface area contributed by atoms with Crippen molar-refractivity contribution < 1.29 is 19.4 Å². The summed E-state index contributed by atoms with van der Waals surface area (Å²) in [4.78, 5) is 20.6. The highest BCUT2D eigenvalue weighted by Crippen LogP contribution is 2.29. The minimum absolute atomic E-state index is 0.159. The number of hydrogen-bond acceptors (Lipinski definition) is 3. The van der Waals surface area contributed by atoms with Gasteiger partial charge in [0.15, 0.2) is 0 Å². The van der Waals surface area contributed by atoms with Crippen LogP contribution in [0.25, 0.3) is 0 Å². The fraction of sp³-hybridized carbons (Fsp3) is 0.714. The summed E-state index contributed by atoms with van der Waals surface area (Å²) in [5, 5.41) is 8.44.